The molecule has 0 aromatic rings. The summed E-state index contributed by atoms with van der Waals surface area (Å²) in [5.74, 6) is 0.807. The number of rotatable bonds is 5. The number of halogens is 1. The molecule has 0 aromatic heterocycles. The quantitative estimate of drug-likeness (QED) is 0.814. The van der Waals surface area contributed by atoms with E-state index in [1.807, 2.05) is 0 Å². The number of nitrogens with one attached hydrogen (secondary N) is 1. The highest BCUT2D eigenvalue weighted by Gasteiger charge is 2.57. The monoisotopic (exact) mass is 330 g/mol. The van der Waals surface area contributed by atoms with E-state index in [0.29, 0.717) is 24.6 Å². The third kappa shape index (κ3) is 3.02. The van der Waals surface area contributed by atoms with Gasteiger partial charge >= 0.3 is 0 Å². The predicted octanol–water partition coefficient (Wildman–Crippen LogP) is 2.64. The lowest BCUT2D eigenvalue weighted by Gasteiger charge is -2.54. The second-order valence-electron chi connectivity index (χ2n) is 7.21. The first kappa shape index (κ1) is 18.0. The Morgan fingerprint density at radius 3 is 2.64 bits per heavy atom. The predicted molar refractivity (Wildman–Crippen MR) is 90.0 cm³/mol. The van der Waals surface area contributed by atoms with Gasteiger partial charge in [-0.3, -0.25) is 4.79 Å². The maximum absolute atomic E-state index is 12.6. The lowest BCUT2D eigenvalue weighted by molar-refractivity contribution is -0.147. The molecule has 4 atom stereocenters. The molecule has 0 aliphatic heterocycles. The van der Waals surface area contributed by atoms with Crippen LogP contribution in [-0.4, -0.2) is 31.2 Å². The van der Waals surface area contributed by atoms with Crippen LogP contribution in [0.3, 0.4) is 0 Å². The normalized spacial score (nSPS) is 35.9. The zero-order valence-corrected chi connectivity index (χ0v) is 14.5. The molecule has 0 heterocycles. The Hall–Kier alpha value is -0.320. The molecule has 1 spiro atoms. The van der Waals surface area contributed by atoms with E-state index in [0.717, 1.165) is 32.3 Å². The highest BCUT2D eigenvalue weighted by molar-refractivity contribution is 5.85. The average Bonchev–Trinajstić information content (AvgIpc) is 3.15. The Labute approximate surface area is 140 Å². The largest absolute Gasteiger partial charge is 0.378 e. The van der Waals surface area contributed by atoms with Crippen LogP contribution in [-0.2, 0) is 9.53 Å². The second kappa shape index (κ2) is 7.50. The summed E-state index contributed by atoms with van der Waals surface area (Å²) in [7, 11) is 0. The molecular formula is C17H31ClN2O2. The van der Waals surface area contributed by atoms with E-state index in [9.17, 15) is 4.79 Å². The summed E-state index contributed by atoms with van der Waals surface area (Å²) in [6.45, 7) is 3.50. The summed E-state index contributed by atoms with van der Waals surface area (Å²) in [5.41, 5.74) is 6.06. The molecule has 3 fully saturated rings. The minimum absolute atomic E-state index is 0. The summed E-state index contributed by atoms with van der Waals surface area (Å²) in [6.07, 6.45) is 9.64. The third-order valence-corrected chi connectivity index (χ3v) is 6.30. The van der Waals surface area contributed by atoms with Crippen LogP contribution < -0.4 is 11.1 Å². The van der Waals surface area contributed by atoms with Gasteiger partial charge in [-0.2, -0.15) is 0 Å². The minimum Gasteiger partial charge on any atom is -0.378 e. The molecule has 1 amide bonds. The van der Waals surface area contributed by atoms with Crippen molar-refractivity contribution in [3.8, 4) is 0 Å². The van der Waals surface area contributed by atoms with Gasteiger partial charge in [-0.15, -0.1) is 12.4 Å². The van der Waals surface area contributed by atoms with E-state index < -0.39 is 0 Å². The lowest BCUT2D eigenvalue weighted by atomic mass is 9.60. The molecule has 3 rings (SSSR count). The molecule has 2 unspecified atom stereocenters. The molecule has 0 saturated heterocycles. The van der Waals surface area contributed by atoms with Crippen molar-refractivity contribution in [2.75, 3.05) is 13.2 Å². The molecule has 0 aromatic carbocycles. The summed E-state index contributed by atoms with van der Waals surface area (Å²) >= 11 is 0. The van der Waals surface area contributed by atoms with Gasteiger partial charge in [-0.1, -0.05) is 19.3 Å². The zero-order chi connectivity index (χ0) is 14.9. The van der Waals surface area contributed by atoms with Gasteiger partial charge in [-0.05, 0) is 51.5 Å². The molecule has 4 nitrogen and oxygen atoms in total. The minimum atomic E-state index is 0. The maximum atomic E-state index is 12.6. The number of carbonyl (C=O) groups excluding carboxylic acids is 1. The van der Waals surface area contributed by atoms with Gasteiger partial charge in [0.1, 0.15) is 0 Å². The second-order valence-corrected chi connectivity index (χ2v) is 7.21. The summed E-state index contributed by atoms with van der Waals surface area (Å²) in [4.78, 5) is 12.6. The molecule has 0 radical (unpaired) electrons. The number of hydrogen-bond donors (Lipinski definition) is 2. The molecule has 3 aliphatic rings. The molecule has 5 heteroatoms. The van der Waals surface area contributed by atoms with E-state index in [4.69, 9.17) is 10.5 Å². The van der Waals surface area contributed by atoms with E-state index in [1.165, 1.54) is 25.7 Å². The van der Waals surface area contributed by atoms with E-state index in [-0.39, 0.29) is 29.6 Å². The molecule has 3 saturated carbocycles. The Balaban J connectivity index is 0.00000176. The molecule has 0 bridgehead atoms. The SMILES string of the molecule is CCOC1CC(NC(=O)[C@@H]2CCC[C@@H]2CN)C12CCCC2.Cl. The van der Waals surface area contributed by atoms with Crippen molar-refractivity contribution >= 4 is 18.3 Å². The number of carbonyl (C=O) groups is 1. The van der Waals surface area contributed by atoms with Gasteiger partial charge in [0.2, 0.25) is 5.91 Å². The van der Waals surface area contributed by atoms with Crippen molar-refractivity contribution in [2.24, 2.45) is 23.0 Å². The first-order valence-electron chi connectivity index (χ1n) is 8.83. The topological polar surface area (TPSA) is 64.3 Å². The summed E-state index contributed by atoms with van der Waals surface area (Å²) in [6, 6.07) is 0.336. The van der Waals surface area contributed by atoms with Crippen molar-refractivity contribution in [3.05, 3.63) is 0 Å². The fourth-order valence-electron chi connectivity index (χ4n) is 5.03. The fourth-order valence-corrected chi connectivity index (χ4v) is 5.03. The number of hydrogen-bond acceptors (Lipinski definition) is 3. The Morgan fingerprint density at radius 2 is 2.00 bits per heavy atom. The highest BCUT2D eigenvalue weighted by Crippen LogP contribution is 2.54. The Kier molecular flexibility index (Phi) is 6.14. The molecule has 128 valence electrons. The average molecular weight is 331 g/mol. The zero-order valence-electron chi connectivity index (χ0n) is 13.7. The molecule has 3 N–H and O–H groups in total. The standard InChI is InChI=1S/C17H30N2O2.ClH/c1-2-21-15-10-14(17(15)8-3-4-9-17)19-16(20)13-7-5-6-12(13)11-18;/h12-15H,2-11,18H2,1H3,(H,19,20);1H/t12-,13-,14?,15?;/m1./s1. The van der Waals surface area contributed by atoms with Gasteiger partial charge < -0.3 is 15.8 Å². The smallest absolute Gasteiger partial charge is 0.223 e. The van der Waals surface area contributed by atoms with Crippen LogP contribution in [0, 0.1) is 17.3 Å². The lowest BCUT2D eigenvalue weighted by Crippen LogP contribution is -2.64. The van der Waals surface area contributed by atoms with Crippen LogP contribution in [0.2, 0.25) is 0 Å². The van der Waals surface area contributed by atoms with Crippen molar-refractivity contribution in [1.29, 1.82) is 0 Å². The third-order valence-electron chi connectivity index (χ3n) is 6.30. The van der Waals surface area contributed by atoms with Crippen LogP contribution in [0.25, 0.3) is 0 Å². The van der Waals surface area contributed by atoms with Gasteiger partial charge in [0, 0.05) is 24.0 Å². The molecular weight excluding hydrogens is 300 g/mol. The summed E-state index contributed by atoms with van der Waals surface area (Å²) < 4.78 is 5.92. The van der Waals surface area contributed by atoms with Gasteiger partial charge in [0.05, 0.1) is 6.10 Å². The maximum Gasteiger partial charge on any atom is 0.223 e. The van der Waals surface area contributed by atoms with E-state index in [2.05, 4.69) is 12.2 Å². The first-order valence-corrected chi connectivity index (χ1v) is 8.83. The Morgan fingerprint density at radius 1 is 1.27 bits per heavy atom. The van der Waals surface area contributed by atoms with Crippen LogP contribution in [0.15, 0.2) is 0 Å². The molecule has 22 heavy (non-hydrogen) atoms. The van der Waals surface area contributed by atoms with Crippen LogP contribution in [0.4, 0.5) is 0 Å². The van der Waals surface area contributed by atoms with Gasteiger partial charge in [0.15, 0.2) is 0 Å². The van der Waals surface area contributed by atoms with Crippen molar-refractivity contribution in [3.63, 3.8) is 0 Å². The van der Waals surface area contributed by atoms with Crippen LogP contribution in [0.1, 0.15) is 58.3 Å². The van der Waals surface area contributed by atoms with Gasteiger partial charge in [-0.25, -0.2) is 0 Å². The number of amides is 1. The van der Waals surface area contributed by atoms with E-state index >= 15 is 0 Å². The van der Waals surface area contributed by atoms with Gasteiger partial charge in [0.25, 0.3) is 0 Å². The summed E-state index contributed by atoms with van der Waals surface area (Å²) in [5, 5.41) is 3.37. The van der Waals surface area contributed by atoms with Crippen LogP contribution >= 0.6 is 12.4 Å². The number of ether oxygens (including phenoxy) is 1. The first-order chi connectivity index (χ1) is 10.2. The molecule has 3 aliphatic carbocycles. The van der Waals surface area contributed by atoms with Crippen LogP contribution in [0.5, 0.6) is 0 Å². The van der Waals surface area contributed by atoms with Crippen molar-refractivity contribution < 1.29 is 9.53 Å². The highest BCUT2D eigenvalue weighted by atomic mass is 35.5. The Bertz CT molecular complexity index is 385. The van der Waals surface area contributed by atoms with E-state index in [1.54, 1.807) is 0 Å². The fraction of sp³-hybridized carbons (Fsp3) is 0.941. The van der Waals surface area contributed by atoms with Crippen molar-refractivity contribution in [2.45, 2.75) is 70.4 Å². The number of nitrogens with two attached hydrogens (primary N) is 1. The van der Waals surface area contributed by atoms with Crippen molar-refractivity contribution in [1.82, 2.24) is 5.32 Å².